The number of piperidine rings is 1. The lowest BCUT2D eigenvalue weighted by atomic mass is 9.83. The van der Waals surface area contributed by atoms with Crippen LogP contribution in [0.15, 0.2) is 17.5 Å². The molecule has 0 aliphatic carbocycles. The van der Waals surface area contributed by atoms with E-state index in [2.05, 4.69) is 36.3 Å². The molecule has 1 fully saturated rings. The minimum absolute atomic E-state index is 0.587. The van der Waals surface area contributed by atoms with Crippen LogP contribution in [0.1, 0.15) is 37.5 Å². The third kappa shape index (κ3) is 3.09. The predicted octanol–water partition coefficient (Wildman–Crippen LogP) is 2.91. The van der Waals surface area contributed by atoms with E-state index < -0.39 is 0 Å². The fourth-order valence-corrected chi connectivity index (χ4v) is 3.82. The van der Waals surface area contributed by atoms with E-state index in [1.54, 1.807) is 0 Å². The second kappa shape index (κ2) is 5.98. The molecule has 1 aliphatic rings. The molecule has 1 saturated heterocycles. The zero-order valence-corrected chi connectivity index (χ0v) is 11.7. The average molecular weight is 252 g/mol. The standard InChI is InChI=1S/C14H24N2S/c1-11(2)16-7-5-12(6-8-16)13(10-15)14-4-3-9-17-14/h3-4,9,11-13H,5-8,10,15H2,1-2H3. The maximum absolute atomic E-state index is 5.98. The van der Waals surface area contributed by atoms with Gasteiger partial charge in [0.2, 0.25) is 0 Å². The van der Waals surface area contributed by atoms with Gasteiger partial charge in [-0.15, -0.1) is 11.3 Å². The second-order valence-electron chi connectivity index (χ2n) is 5.32. The van der Waals surface area contributed by atoms with Crippen molar-refractivity contribution in [3.8, 4) is 0 Å². The molecule has 2 nitrogen and oxygen atoms in total. The molecule has 1 atom stereocenters. The lowest BCUT2D eigenvalue weighted by Crippen LogP contribution is -2.40. The molecule has 2 heterocycles. The fourth-order valence-electron chi connectivity index (χ4n) is 2.88. The van der Waals surface area contributed by atoms with Gasteiger partial charge in [0, 0.05) is 23.4 Å². The van der Waals surface area contributed by atoms with Crippen LogP contribution in [0.2, 0.25) is 0 Å². The van der Waals surface area contributed by atoms with Crippen LogP contribution in [0.5, 0.6) is 0 Å². The van der Waals surface area contributed by atoms with E-state index in [1.807, 2.05) is 11.3 Å². The van der Waals surface area contributed by atoms with Crippen LogP contribution in [0.4, 0.5) is 0 Å². The Kier molecular flexibility index (Phi) is 4.60. The minimum Gasteiger partial charge on any atom is -0.330 e. The molecule has 0 aromatic carbocycles. The monoisotopic (exact) mass is 252 g/mol. The second-order valence-corrected chi connectivity index (χ2v) is 6.30. The smallest absolute Gasteiger partial charge is 0.00915 e. The van der Waals surface area contributed by atoms with E-state index in [4.69, 9.17) is 5.73 Å². The molecule has 17 heavy (non-hydrogen) atoms. The summed E-state index contributed by atoms with van der Waals surface area (Å²) in [5.41, 5.74) is 5.98. The first-order valence-corrected chi connectivity index (χ1v) is 7.58. The molecule has 0 bridgehead atoms. The van der Waals surface area contributed by atoms with Crippen LogP contribution >= 0.6 is 11.3 Å². The minimum atomic E-state index is 0.587. The summed E-state index contributed by atoms with van der Waals surface area (Å²) >= 11 is 1.86. The molecule has 0 radical (unpaired) electrons. The summed E-state index contributed by atoms with van der Waals surface area (Å²) in [7, 11) is 0. The van der Waals surface area contributed by atoms with Crippen molar-refractivity contribution >= 4 is 11.3 Å². The highest BCUT2D eigenvalue weighted by Crippen LogP contribution is 2.34. The summed E-state index contributed by atoms with van der Waals surface area (Å²) in [4.78, 5) is 4.06. The van der Waals surface area contributed by atoms with E-state index in [9.17, 15) is 0 Å². The van der Waals surface area contributed by atoms with Crippen LogP contribution in [-0.2, 0) is 0 Å². The predicted molar refractivity (Wildman–Crippen MR) is 75.5 cm³/mol. The normalized spacial score (nSPS) is 20.9. The number of likely N-dealkylation sites (tertiary alicyclic amines) is 1. The van der Waals surface area contributed by atoms with Crippen LogP contribution < -0.4 is 5.73 Å². The molecule has 0 spiro atoms. The first kappa shape index (κ1) is 13.1. The lowest BCUT2D eigenvalue weighted by Gasteiger charge is -2.37. The molecule has 3 heteroatoms. The van der Waals surface area contributed by atoms with Crippen molar-refractivity contribution in [3.63, 3.8) is 0 Å². The Labute approximate surface area is 109 Å². The van der Waals surface area contributed by atoms with E-state index in [0.29, 0.717) is 12.0 Å². The van der Waals surface area contributed by atoms with Crippen molar-refractivity contribution < 1.29 is 0 Å². The highest BCUT2D eigenvalue weighted by atomic mass is 32.1. The number of thiophene rings is 1. The molecule has 96 valence electrons. The van der Waals surface area contributed by atoms with Gasteiger partial charge < -0.3 is 10.6 Å². The molecule has 2 rings (SSSR count). The molecule has 0 amide bonds. The Morgan fingerprint density at radius 1 is 1.41 bits per heavy atom. The Morgan fingerprint density at radius 3 is 2.59 bits per heavy atom. The van der Waals surface area contributed by atoms with Crippen molar-refractivity contribution in [2.45, 2.75) is 38.6 Å². The Hall–Kier alpha value is -0.380. The first-order chi connectivity index (χ1) is 8.22. The highest BCUT2D eigenvalue weighted by Gasteiger charge is 2.27. The van der Waals surface area contributed by atoms with Gasteiger partial charge in [-0.05, 0) is 57.1 Å². The van der Waals surface area contributed by atoms with Crippen molar-refractivity contribution in [2.24, 2.45) is 11.7 Å². The number of nitrogens with two attached hydrogens (primary N) is 1. The van der Waals surface area contributed by atoms with E-state index in [0.717, 1.165) is 12.5 Å². The molecule has 2 N–H and O–H groups in total. The van der Waals surface area contributed by atoms with Gasteiger partial charge in [0.05, 0.1) is 0 Å². The highest BCUT2D eigenvalue weighted by molar-refractivity contribution is 7.10. The van der Waals surface area contributed by atoms with Crippen molar-refractivity contribution in [3.05, 3.63) is 22.4 Å². The molecule has 1 aromatic heterocycles. The first-order valence-electron chi connectivity index (χ1n) is 6.70. The molecule has 1 unspecified atom stereocenters. The number of hydrogen-bond acceptors (Lipinski definition) is 3. The summed E-state index contributed by atoms with van der Waals surface area (Å²) < 4.78 is 0. The summed E-state index contributed by atoms with van der Waals surface area (Å²) in [5.74, 6) is 1.37. The van der Waals surface area contributed by atoms with E-state index in [-0.39, 0.29) is 0 Å². The topological polar surface area (TPSA) is 29.3 Å². The summed E-state index contributed by atoms with van der Waals surface area (Å²) in [6, 6.07) is 5.08. The Balaban J connectivity index is 1.95. The summed E-state index contributed by atoms with van der Waals surface area (Å²) in [6.07, 6.45) is 2.61. The number of hydrogen-bond donors (Lipinski definition) is 1. The quantitative estimate of drug-likeness (QED) is 0.893. The van der Waals surface area contributed by atoms with Crippen LogP contribution in [0.25, 0.3) is 0 Å². The maximum atomic E-state index is 5.98. The lowest BCUT2D eigenvalue weighted by molar-refractivity contribution is 0.138. The Bertz CT molecular complexity index is 313. The van der Waals surface area contributed by atoms with Gasteiger partial charge in [-0.25, -0.2) is 0 Å². The maximum Gasteiger partial charge on any atom is 0.00915 e. The van der Waals surface area contributed by atoms with Gasteiger partial charge in [-0.1, -0.05) is 6.07 Å². The van der Waals surface area contributed by atoms with Gasteiger partial charge in [0.1, 0.15) is 0 Å². The zero-order chi connectivity index (χ0) is 12.3. The molecule has 1 aromatic rings. The van der Waals surface area contributed by atoms with E-state index in [1.165, 1.54) is 30.8 Å². The molecule has 0 saturated carbocycles. The van der Waals surface area contributed by atoms with Gasteiger partial charge in [0.25, 0.3) is 0 Å². The van der Waals surface area contributed by atoms with Crippen LogP contribution in [0, 0.1) is 5.92 Å². The summed E-state index contributed by atoms with van der Waals surface area (Å²) in [6.45, 7) is 7.86. The van der Waals surface area contributed by atoms with Crippen LogP contribution in [-0.4, -0.2) is 30.6 Å². The zero-order valence-electron chi connectivity index (χ0n) is 10.9. The van der Waals surface area contributed by atoms with Crippen LogP contribution in [0.3, 0.4) is 0 Å². The van der Waals surface area contributed by atoms with Gasteiger partial charge in [0.15, 0.2) is 0 Å². The van der Waals surface area contributed by atoms with E-state index >= 15 is 0 Å². The van der Waals surface area contributed by atoms with Crippen molar-refractivity contribution in [2.75, 3.05) is 19.6 Å². The van der Waals surface area contributed by atoms with Crippen molar-refractivity contribution in [1.82, 2.24) is 4.90 Å². The van der Waals surface area contributed by atoms with Gasteiger partial charge >= 0.3 is 0 Å². The largest absolute Gasteiger partial charge is 0.330 e. The Morgan fingerprint density at radius 2 is 2.12 bits per heavy atom. The third-order valence-corrected chi connectivity index (χ3v) is 5.04. The summed E-state index contributed by atoms with van der Waals surface area (Å²) in [5, 5.41) is 2.17. The average Bonchev–Trinajstić information content (AvgIpc) is 2.84. The fraction of sp³-hybridized carbons (Fsp3) is 0.714. The SMILES string of the molecule is CC(C)N1CCC(C(CN)c2cccs2)CC1. The third-order valence-electron chi connectivity index (χ3n) is 4.04. The number of rotatable bonds is 4. The van der Waals surface area contributed by atoms with Gasteiger partial charge in [-0.3, -0.25) is 0 Å². The van der Waals surface area contributed by atoms with Crippen molar-refractivity contribution in [1.29, 1.82) is 0 Å². The molecule has 1 aliphatic heterocycles. The molecular formula is C14H24N2S. The number of nitrogens with zero attached hydrogens (tertiary/aromatic N) is 1. The molecular weight excluding hydrogens is 228 g/mol. The van der Waals surface area contributed by atoms with Gasteiger partial charge in [-0.2, -0.15) is 0 Å².